The minimum absolute atomic E-state index is 0.150. The van der Waals surface area contributed by atoms with Crippen LogP contribution in [0.15, 0.2) is 51.9 Å². The summed E-state index contributed by atoms with van der Waals surface area (Å²) in [7, 11) is 0. The van der Waals surface area contributed by atoms with Gasteiger partial charge in [0.1, 0.15) is 28.5 Å². The number of nitrogens with one attached hydrogen (secondary N) is 1. The number of benzene rings is 2. The average Bonchev–Trinajstić information content (AvgIpc) is 3.13. The van der Waals surface area contributed by atoms with Gasteiger partial charge in [0.2, 0.25) is 6.79 Å². The van der Waals surface area contributed by atoms with Crippen LogP contribution >= 0.6 is 15.9 Å². The molecule has 5 nitrogen and oxygen atoms in total. The van der Waals surface area contributed by atoms with Crippen LogP contribution in [0.2, 0.25) is 0 Å². The molecule has 3 aromatic rings. The highest BCUT2D eigenvalue weighted by atomic mass is 79.9. The highest BCUT2D eigenvalue weighted by Crippen LogP contribution is 2.34. The van der Waals surface area contributed by atoms with Crippen molar-refractivity contribution in [3.05, 3.63) is 85.7 Å². The third kappa shape index (κ3) is 3.73. The lowest BCUT2D eigenvalue weighted by atomic mass is 10.1. The van der Waals surface area contributed by atoms with E-state index in [-0.39, 0.29) is 29.0 Å². The molecule has 0 amide bonds. The molecule has 2 heterocycles. The van der Waals surface area contributed by atoms with Crippen molar-refractivity contribution in [2.24, 2.45) is 0 Å². The highest BCUT2D eigenvalue weighted by Gasteiger charge is 2.17. The van der Waals surface area contributed by atoms with Crippen LogP contribution in [0.5, 0.6) is 17.2 Å². The maximum Gasteiger partial charge on any atom is 0.266 e. The summed E-state index contributed by atoms with van der Waals surface area (Å²) in [6.45, 7) is 0.0306. The second kappa shape index (κ2) is 7.63. The smallest absolute Gasteiger partial charge is 0.266 e. The topological polar surface area (TPSA) is 60.6 Å². The predicted octanol–water partition coefficient (Wildman–Crippen LogP) is 4.31. The van der Waals surface area contributed by atoms with Gasteiger partial charge < -0.3 is 19.2 Å². The number of fused-ring (bicyclic) bond motifs is 1. The van der Waals surface area contributed by atoms with Crippen molar-refractivity contribution >= 4 is 15.9 Å². The lowest BCUT2D eigenvalue weighted by molar-refractivity contribution is 0.174. The first-order valence-electron chi connectivity index (χ1n) is 8.36. The summed E-state index contributed by atoms with van der Waals surface area (Å²) in [5.74, 6) is 0.247. The van der Waals surface area contributed by atoms with E-state index in [4.69, 9.17) is 14.2 Å². The zero-order chi connectivity index (χ0) is 19.7. The molecule has 1 aliphatic rings. The lowest BCUT2D eigenvalue weighted by Gasteiger charge is -2.14. The van der Waals surface area contributed by atoms with Gasteiger partial charge in [0.15, 0.2) is 11.5 Å². The molecule has 0 unspecified atom stereocenters. The van der Waals surface area contributed by atoms with Crippen molar-refractivity contribution in [3.8, 4) is 17.2 Å². The van der Waals surface area contributed by atoms with Gasteiger partial charge in [0.25, 0.3) is 5.56 Å². The van der Waals surface area contributed by atoms with Crippen molar-refractivity contribution in [1.82, 2.24) is 4.98 Å². The molecule has 1 aromatic heterocycles. The number of halogens is 3. The molecule has 28 heavy (non-hydrogen) atoms. The molecule has 0 bridgehead atoms. The Bertz CT molecular complexity index is 1100. The van der Waals surface area contributed by atoms with E-state index in [1.165, 1.54) is 6.07 Å². The third-order valence-electron chi connectivity index (χ3n) is 4.29. The molecule has 0 saturated carbocycles. The first kappa shape index (κ1) is 18.5. The fraction of sp³-hybridized carbons (Fsp3) is 0.150. The van der Waals surface area contributed by atoms with Gasteiger partial charge in [-0.05, 0) is 45.8 Å². The maximum atomic E-state index is 13.9. The molecule has 0 aliphatic carbocycles. The van der Waals surface area contributed by atoms with Crippen LogP contribution in [0.4, 0.5) is 8.78 Å². The van der Waals surface area contributed by atoms with Crippen molar-refractivity contribution in [2.45, 2.75) is 13.0 Å². The van der Waals surface area contributed by atoms with E-state index in [0.29, 0.717) is 29.2 Å². The second-order valence-corrected chi connectivity index (χ2v) is 6.97. The second-order valence-electron chi connectivity index (χ2n) is 6.17. The van der Waals surface area contributed by atoms with Crippen LogP contribution in [0.25, 0.3) is 0 Å². The molecular formula is C20H14BrF2NO4. The van der Waals surface area contributed by atoms with Crippen molar-refractivity contribution in [1.29, 1.82) is 0 Å². The largest absolute Gasteiger partial charge is 0.487 e. The van der Waals surface area contributed by atoms with E-state index < -0.39 is 11.6 Å². The van der Waals surface area contributed by atoms with Gasteiger partial charge in [-0.3, -0.25) is 4.79 Å². The van der Waals surface area contributed by atoms with Gasteiger partial charge in [-0.2, -0.15) is 0 Å². The molecule has 0 radical (unpaired) electrons. The molecule has 4 rings (SSSR count). The quantitative estimate of drug-likeness (QED) is 0.630. The Hall–Kier alpha value is -2.87. The van der Waals surface area contributed by atoms with E-state index in [0.717, 1.165) is 17.7 Å². The zero-order valence-corrected chi connectivity index (χ0v) is 16.0. The molecule has 144 valence electrons. The minimum atomic E-state index is -0.710. The summed E-state index contributed by atoms with van der Waals surface area (Å²) in [4.78, 5) is 14.6. The summed E-state index contributed by atoms with van der Waals surface area (Å²) in [6, 6.07) is 8.80. The minimum Gasteiger partial charge on any atom is -0.487 e. The summed E-state index contributed by atoms with van der Waals surface area (Å²) in [5.41, 5.74) is 1.42. The molecule has 1 aliphatic heterocycles. The van der Waals surface area contributed by atoms with Crippen LogP contribution in [0, 0.1) is 11.6 Å². The van der Waals surface area contributed by atoms with E-state index in [2.05, 4.69) is 20.9 Å². The summed E-state index contributed by atoms with van der Waals surface area (Å²) >= 11 is 3.23. The number of aromatic nitrogens is 1. The third-order valence-corrected chi connectivity index (χ3v) is 5.01. The Morgan fingerprint density at radius 1 is 1.07 bits per heavy atom. The van der Waals surface area contributed by atoms with Crippen molar-refractivity contribution in [3.63, 3.8) is 0 Å². The summed E-state index contributed by atoms with van der Waals surface area (Å²) in [5, 5.41) is 0. The Labute approximate surface area is 167 Å². The Morgan fingerprint density at radius 3 is 2.71 bits per heavy atom. The summed E-state index contributed by atoms with van der Waals surface area (Å²) < 4.78 is 43.6. The van der Waals surface area contributed by atoms with Crippen molar-refractivity contribution in [2.75, 3.05) is 6.79 Å². The first-order valence-corrected chi connectivity index (χ1v) is 9.16. The monoisotopic (exact) mass is 449 g/mol. The van der Waals surface area contributed by atoms with E-state index in [1.54, 1.807) is 6.20 Å². The first-order chi connectivity index (χ1) is 13.5. The molecule has 0 atom stereocenters. The number of H-pyrrole nitrogens is 1. The number of hydrogen-bond acceptors (Lipinski definition) is 4. The van der Waals surface area contributed by atoms with Gasteiger partial charge in [-0.25, -0.2) is 8.78 Å². The predicted molar refractivity (Wildman–Crippen MR) is 101 cm³/mol. The maximum absolute atomic E-state index is 13.9. The normalized spacial score (nSPS) is 12.2. The zero-order valence-electron chi connectivity index (χ0n) is 14.4. The number of aromatic amines is 1. The fourth-order valence-electron chi connectivity index (χ4n) is 2.87. The van der Waals surface area contributed by atoms with Gasteiger partial charge in [-0.1, -0.05) is 6.07 Å². The highest BCUT2D eigenvalue weighted by molar-refractivity contribution is 9.10. The van der Waals surface area contributed by atoms with Crippen LogP contribution in [-0.4, -0.2) is 11.8 Å². The molecule has 0 fully saturated rings. The summed E-state index contributed by atoms with van der Waals surface area (Å²) in [6.07, 6.45) is 1.99. The van der Waals surface area contributed by atoms with Gasteiger partial charge in [0.05, 0.1) is 0 Å². The molecule has 0 saturated heterocycles. The van der Waals surface area contributed by atoms with Gasteiger partial charge in [0, 0.05) is 29.8 Å². The SMILES string of the molecule is O=c1[nH]cc(Cc2ccc3c(c2)OCO3)c(OCc2ccc(F)cc2F)c1Br. The number of rotatable bonds is 5. The lowest BCUT2D eigenvalue weighted by Crippen LogP contribution is -2.12. The average molecular weight is 450 g/mol. The number of pyridine rings is 1. The Balaban J connectivity index is 1.61. The van der Waals surface area contributed by atoms with E-state index in [1.807, 2.05) is 18.2 Å². The molecule has 8 heteroatoms. The number of hydrogen-bond donors (Lipinski definition) is 1. The number of ether oxygens (including phenoxy) is 3. The van der Waals surface area contributed by atoms with Crippen LogP contribution in [0.3, 0.4) is 0 Å². The van der Waals surface area contributed by atoms with Crippen LogP contribution < -0.4 is 19.8 Å². The van der Waals surface area contributed by atoms with Crippen LogP contribution in [-0.2, 0) is 13.0 Å². The van der Waals surface area contributed by atoms with Gasteiger partial charge >= 0.3 is 0 Å². The Kier molecular flexibility index (Phi) is 5.04. The molecule has 2 aromatic carbocycles. The molecular weight excluding hydrogens is 436 g/mol. The van der Waals surface area contributed by atoms with Crippen molar-refractivity contribution < 1.29 is 23.0 Å². The standard InChI is InChI=1S/C20H14BrF2NO4/c21-18-19(26-9-12-2-3-14(22)7-15(12)23)13(8-24-20(18)25)5-11-1-4-16-17(6-11)28-10-27-16/h1-4,6-8H,5,9-10H2,(H,24,25). The fourth-order valence-corrected chi connectivity index (χ4v) is 3.36. The van der Waals surface area contributed by atoms with Crippen LogP contribution in [0.1, 0.15) is 16.7 Å². The van der Waals surface area contributed by atoms with E-state index >= 15 is 0 Å². The Morgan fingerprint density at radius 2 is 1.89 bits per heavy atom. The molecule has 1 N–H and O–H groups in total. The van der Waals surface area contributed by atoms with Gasteiger partial charge in [-0.15, -0.1) is 0 Å². The van der Waals surface area contributed by atoms with E-state index in [9.17, 15) is 13.6 Å². The molecule has 0 spiro atoms.